The van der Waals surface area contributed by atoms with Gasteiger partial charge in [-0.3, -0.25) is 9.97 Å². The van der Waals surface area contributed by atoms with Crippen molar-refractivity contribution in [1.82, 2.24) is 9.97 Å². The zero-order chi connectivity index (χ0) is 38.6. The quantitative estimate of drug-likeness (QED) is 0.0918. The second-order valence-corrected chi connectivity index (χ2v) is 11.6. The van der Waals surface area contributed by atoms with E-state index in [1.807, 2.05) is 24.5 Å². The fraction of sp³-hybridized carbons (Fsp3) is 0.737. The molecule has 16 nitrogen and oxygen atoms in total. The van der Waals surface area contributed by atoms with Crippen molar-refractivity contribution < 1.29 is 56.8 Å². The van der Waals surface area contributed by atoms with Crippen molar-refractivity contribution in [2.24, 2.45) is 0 Å². The van der Waals surface area contributed by atoms with Gasteiger partial charge in [0.15, 0.2) is 0 Å². The lowest BCUT2D eigenvalue weighted by Crippen LogP contribution is -2.32. The Hall–Kier alpha value is -2.58. The number of nitrogens with zero attached hydrogens (tertiary/aromatic N) is 4. The average molecular weight is 771 g/mol. The molecule has 0 aliphatic heterocycles. The summed E-state index contributed by atoms with van der Waals surface area (Å²) in [6, 6.07) is 8.09. The molecular weight excluding hydrogens is 704 g/mol. The van der Waals surface area contributed by atoms with Gasteiger partial charge in [-0.05, 0) is 24.3 Å². The minimum Gasteiger partial charge on any atom is -0.382 e. The molecule has 2 aromatic rings. The van der Waals surface area contributed by atoms with Gasteiger partial charge in [-0.2, -0.15) is 0 Å². The number of anilines is 2. The summed E-state index contributed by atoms with van der Waals surface area (Å²) in [5.41, 5.74) is 3.50. The van der Waals surface area contributed by atoms with Gasteiger partial charge in [0.1, 0.15) is 0 Å². The SMILES string of the molecule is COCCOCCOCCN(CCOCCOCCOC)c1ccnc(-c2cc(N(CCOCCOCCOC)CCOCCOCCOC)ccn2)c1. The van der Waals surface area contributed by atoms with Crippen LogP contribution in [0.2, 0.25) is 0 Å². The summed E-state index contributed by atoms with van der Waals surface area (Å²) < 4.78 is 65.8. The molecule has 0 N–H and O–H groups in total. The van der Waals surface area contributed by atoms with E-state index in [1.54, 1.807) is 28.4 Å². The van der Waals surface area contributed by atoms with E-state index in [0.717, 1.165) is 22.8 Å². The van der Waals surface area contributed by atoms with Crippen molar-refractivity contribution in [1.29, 1.82) is 0 Å². The third-order valence-electron chi connectivity index (χ3n) is 7.72. The molecule has 0 aromatic carbocycles. The zero-order valence-electron chi connectivity index (χ0n) is 33.1. The van der Waals surface area contributed by atoms with Crippen LogP contribution in [0.1, 0.15) is 0 Å². The molecule has 0 bridgehead atoms. The lowest BCUT2D eigenvalue weighted by atomic mass is 10.2. The predicted octanol–water partition coefficient (Wildman–Crippen LogP) is 2.47. The largest absolute Gasteiger partial charge is 0.382 e. The van der Waals surface area contributed by atoms with E-state index in [1.165, 1.54) is 0 Å². The fourth-order valence-electron chi connectivity index (χ4n) is 4.81. The Labute approximate surface area is 322 Å². The minimum absolute atomic E-state index is 0.502. The Kier molecular flexibility index (Phi) is 30.7. The number of hydrogen-bond acceptors (Lipinski definition) is 16. The second-order valence-electron chi connectivity index (χ2n) is 11.6. The van der Waals surface area contributed by atoms with E-state index < -0.39 is 0 Å². The van der Waals surface area contributed by atoms with E-state index >= 15 is 0 Å². The highest BCUT2D eigenvalue weighted by Gasteiger charge is 2.13. The van der Waals surface area contributed by atoms with Gasteiger partial charge in [-0.1, -0.05) is 0 Å². The predicted molar refractivity (Wildman–Crippen MR) is 206 cm³/mol. The highest BCUT2D eigenvalue weighted by atomic mass is 16.6. The summed E-state index contributed by atoms with van der Waals surface area (Å²) in [6.07, 6.45) is 3.62. The Balaban J connectivity index is 2.07. The summed E-state index contributed by atoms with van der Waals surface area (Å²) >= 11 is 0. The van der Waals surface area contributed by atoms with Crippen LogP contribution >= 0.6 is 0 Å². The van der Waals surface area contributed by atoms with Crippen LogP contribution in [0.3, 0.4) is 0 Å². The first-order valence-electron chi connectivity index (χ1n) is 18.7. The molecule has 54 heavy (non-hydrogen) atoms. The maximum Gasteiger partial charge on any atom is 0.0907 e. The van der Waals surface area contributed by atoms with E-state index in [4.69, 9.17) is 66.8 Å². The van der Waals surface area contributed by atoms with E-state index in [-0.39, 0.29) is 0 Å². The summed E-state index contributed by atoms with van der Waals surface area (Å²) in [5.74, 6) is 0. The zero-order valence-corrected chi connectivity index (χ0v) is 33.1. The second kappa shape index (κ2) is 34.9. The van der Waals surface area contributed by atoms with Gasteiger partial charge in [0.2, 0.25) is 0 Å². The highest BCUT2D eigenvalue weighted by molar-refractivity contribution is 5.65. The van der Waals surface area contributed by atoms with Crippen LogP contribution in [0.5, 0.6) is 0 Å². The number of pyridine rings is 2. The molecule has 2 heterocycles. The Morgan fingerprint density at radius 3 is 0.852 bits per heavy atom. The van der Waals surface area contributed by atoms with Crippen LogP contribution in [0, 0.1) is 0 Å². The first kappa shape index (κ1) is 47.6. The van der Waals surface area contributed by atoms with Gasteiger partial charge in [0, 0.05) is 78.4 Å². The van der Waals surface area contributed by atoms with Crippen LogP contribution in [0.25, 0.3) is 11.4 Å². The fourth-order valence-corrected chi connectivity index (χ4v) is 4.81. The molecule has 0 unspecified atom stereocenters. The van der Waals surface area contributed by atoms with E-state index in [2.05, 4.69) is 21.9 Å². The summed E-state index contributed by atoms with van der Waals surface area (Å²) in [6.45, 7) is 13.2. The first-order valence-corrected chi connectivity index (χ1v) is 18.7. The maximum atomic E-state index is 5.89. The molecule has 0 aliphatic carbocycles. The van der Waals surface area contributed by atoms with Crippen LogP contribution in [0.4, 0.5) is 11.4 Å². The lowest BCUT2D eigenvalue weighted by molar-refractivity contribution is 0.0235. The van der Waals surface area contributed by atoms with E-state index in [0.29, 0.717) is 158 Å². The van der Waals surface area contributed by atoms with Crippen molar-refractivity contribution in [2.45, 2.75) is 0 Å². The average Bonchev–Trinajstić information content (AvgIpc) is 3.20. The summed E-state index contributed by atoms with van der Waals surface area (Å²) in [7, 11) is 6.62. The monoisotopic (exact) mass is 770 g/mol. The van der Waals surface area contributed by atoms with Crippen molar-refractivity contribution in [3.05, 3.63) is 36.7 Å². The summed E-state index contributed by atoms with van der Waals surface area (Å²) in [5, 5.41) is 0. The summed E-state index contributed by atoms with van der Waals surface area (Å²) in [4.78, 5) is 13.9. The molecule has 0 amide bonds. The maximum absolute atomic E-state index is 5.89. The van der Waals surface area contributed by atoms with Crippen molar-refractivity contribution >= 4 is 11.4 Å². The van der Waals surface area contributed by atoms with Crippen LogP contribution in [-0.2, 0) is 56.8 Å². The van der Waals surface area contributed by atoms with Gasteiger partial charge in [-0.25, -0.2) is 0 Å². The third kappa shape index (κ3) is 24.0. The first-order chi connectivity index (χ1) is 26.7. The van der Waals surface area contributed by atoms with E-state index in [9.17, 15) is 0 Å². The normalized spacial score (nSPS) is 11.4. The highest BCUT2D eigenvalue weighted by Crippen LogP contribution is 2.25. The Morgan fingerprint density at radius 1 is 0.352 bits per heavy atom. The van der Waals surface area contributed by atoms with Crippen molar-refractivity contribution in [2.75, 3.05) is 197 Å². The van der Waals surface area contributed by atoms with Crippen molar-refractivity contribution in [3.63, 3.8) is 0 Å². The minimum atomic E-state index is 0.502. The number of methoxy groups -OCH3 is 4. The molecule has 0 saturated carbocycles. The van der Waals surface area contributed by atoms with Gasteiger partial charge >= 0.3 is 0 Å². The molecule has 0 spiro atoms. The van der Waals surface area contributed by atoms with Gasteiger partial charge in [0.25, 0.3) is 0 Å². The standard InChI is InChI=1S/C38H66N4O12/c1-43-17-21-51-29-25-47-13-9-41(10-14-48-26-30-52-22-18-44-2)35-5-7-39-37(33-35)38-34-36(6-8-40-38)42(11-15-49-27-31-53-23-19-45-3)12-16-50-28-32-54-24-20-46-4/h5-8,33-34H,9-32H2,1-4H3. The number of hydrogen-bond donors (Lipinski definition) is 0. The van der Waals surface area contributed by atoms with Gasteiger partial charge in [-0.15, -0.1) is 0 Å². The molecule has 310 valence electrons. The molecule has 0 atom stereocenters. The van der Waals surface area contributed by atoms with Crippen molar-refractivity contribution in [3.8, 4) is 11.4 Å². The smallest absolute Gasteiger partial charge is 0.0907 e. The molecule has 0 radical (unpaired) electrons. The van der Waals surface area contributed by atoms with Crippen LogP contribution in [0.15, 0.2) is 36.7 Å². The van der Waals surface area contributed by atoms with Gasteiger partial charge in [0.05, 0.1) is 144 Å². The Bertz CT molecular complexity index is 1000. The molecule has 2 aromatic heterocycles. The molecule has 0 fully saturated rings. The molecule has 16 heteroatoms. The number of rotatable bonds is 39. The topological polar surface area (TPSA) is 143 Å². The Morgan fingerprint density at radius 2 is 0.593 bits per heavy atom. The molecular formula is C38H66N4O12. The molecule has 0 aliphatic rings. The number of ether oxygens (including phenoxy) is 12. The lowest BCUT2D eigenvalue weighted by Gasteiger charge is -2.26. The van der Waals surface area contributed by atoms with Gasteiger partial charge < -0.3 is 66.6 Å². The third-order valence-corrected chi connectivity index (χ3v) is 7.72. The molecule has 2 rings (SSSR count). The molecule has 0 saturated heterocycles. The van der Waals surface area contributed by atoms with Crippen LogP contribution < -0.4 is 9.80 Å². The number of aromatic nitrogens is 2. The van der Waals surface area contributed by atoms with Crippen LogP contribution in [-0.4, -0.2) is 197 Å².